The number of carbonyl (C=O) groups is 2. The van der Waals surface area contributed by atoms with Crippen LogP contribution < -0.4 is 20.5 Å². The SMILES string of the molecule is N=C(/C=C\N)NC(=O)c1cc(Oc2ncc(C(=O)N3CCC3)cc2Cl)cc(OC(CF)CF)c1. The van der Waals surface area contributed by atoms with Crippen molar-refractivity contribution in [3.8, 4) is 17.4 Å². The first-order valence-corrected chi connectivity index (χ1v) is 10.6. The van der Waals surface area contributed by atoms with Gasteiger partial charge in [0.05, 0.1) is 5.56 Å². The highest BCUT2D eigenvalue weighted by Crippen LogP contribution is 2.32. The Balaban J connectivity index is 1.87. The second-order valence-corrected chi connectivity index (χ2v) is 7.63. The summed E-state index contributed by atoms with van der Waals surface area (Å²) in [4.78, 5) is 30.6. The molecule has 12 heteroatoms. The molecule has 34 heavy (non-hydrogen) atoms. The molecule has 3 rings (SSSR count). The molecule has 2 heterocycles. The van der Waals surface area contributed by atoms with Gasteiger partial charge in [-0.1, -0.05) is 11.6 Å². The third-order valence-corrected chi connectivity index (χ3v) is 4.98. The number of ether oxygens (including phenoxy) is 2. The van der Waals surface area contributed by atoms with E-state index >= 15 is 0 Å². The summed E-state index contributed by atoms with van der Waals surface area (Å²) < 4.78 is 36.9. The van der Waals surface area contributed by atoms with Crippen LogP contribution in [0.15, 0.2) is 42.7 Å². The summed E-state index contributed by atoms with van der Waals surface area (Å²) in [6.45, 7) is -0.836. The number of carbonyl (C=O) groups excluding carboxylic acids is 2. The highest BCUT2D eigenvalue weighted by molar-refractivity contribution is 6.32. The number of hydrogen-bond acceptors (Lipinski definition) is 7. The molecule has 1 aromatic carbocycles. The first-order chi connectivity index (χ1) is 16.3. The Hall–Kier alpha value is -3.73. The van der Waals surface area contributed by atoms with Gasteiger partial charge in [-0.2, -0.15) is 0 Å². The number of aromatic nitrogens is 1. The zero-order valence-electron chi connectivity index (χ0n) is 17.9. The summed E-state index contributed by atoms with van der Waals surface area (Å²) >= 11 is 6.25. The normalized spacial score (nSPS) is 13.0. The number of hydrogen-bond donors (Lipinski definition) is 3. The van der Waals surface area contributed by atoms with Crippen molar-refractivity contribution in [2.75, 3.05) is 26.4 Å². The van der Waals surface area contributed by atoms with Crippen molar-refractivity contribution < 1.29 is 27.8 Å². The van der Waals surface area contributed by atoms with Crippen LogP contribution in [-0.2, 0) is 0 Å². The molecule has 4 N–H and O–H groups in total. The highest BCUT2D eigenvalue weighted by Gasteiger charge is 2.23. The minimum absolute atomic E-state index is 0.0243. The van der Waals surface area contributed by atoms with E-state index in [-0.39, 0.29) is 39.7 Å². The topological polar surface area (TPSA) is 131 Å². The summed E-state index contributed by atoms with van der Waals surface area (Å²) in [6.07, 6.45) is 3.12. The summed E-state index contributed by atoms with van der Waals surface area (Å²) in [5, 5.41) is 9.97. The fourth-order valence-electron chi connectivity index (χ4n) is 2.89. The van der Waals surface area contributed by atoms with E-state index < -0.39 is 25.4 Å². The number of benzene rings is 1. The van der Waals surface area contributed by atoms with Gasteiger partial charge in [0, 0.05) is 30.9 Å². The molecule has 0 aliphatic carbocycles. The Morgan fingerprint density at radius 2 is 1.91 bits per heavy atom. The van der Waals surface area contributed by atoms with Gasteiger partial charge in [-0.15, -0.1) is 0 Å². The van der Waals surface area contributed by atoms with Crippen LogP contribution in [0, 0.1) is 5.41 Å². The average Bonchev–Trinajstić information content (AvgIpc) is 2.77. The van der Waals surface area contributed by atoms with Crippen molar-refractivity contribution in [3.05, 3.63) is 58.9 Å². The largest absolute Gasteiger partial charge is 0.485 e. The van der Waals surface area contributed by atoms with Crippen LogP contribution in [0.2, 0.25) is 5.02 Å². The van der Waals surface area contributed by atoms with E-state index in [2.05, 4.69) is 10.3 Å². The van der Waals surface area contributed by atoms with Gasteiger partial charge >= 0.3 is 0 Å². The fourth-order valence-corrected chi connectivity index (χ4v) is 3.09. The summed E-state index contributed by atoms with van der Waals surface area (Å²) in [6, 6.07) is 5.26. The Morgan fingerprint density at radius 3 is 2.50 bits per heavy atom. The third-order valence-electron chi connectivity index (χ3n) is 4.71. The zero-order valence-corrected chi connectivity index (χ0v) is 18.6. The third kappa shape index (κ3) is 6.19. The van der Waals surface area contributed by atoms with Crippen LogP contribution in [0.5, 0.6) is 17.4 Å². The van der Waals surface area contributed by atoms with E-state index in [0.29, 0.717) is 18.7 Å². The Kier molecular flexibility index (Phi) is 8.36. The van der Waals surface area contributed by atoms with Gasteiger partial charge in [-0.05, 0) is 36.9 Å². The summed E-state index contributed by atoms with van der Waals surface area (Å²) in [5.41, 5.74) is 5.48. The number of amidine groups is 1. The molecule has 0 unspecified atom stereocenters. The molecular formula is C22H22ClF2N5O4. The monoisotopic (exact) mass is 493 g/mol. The standard InChI is InChI=1S/C22H22ClF2N5O4/c23-18-8-14(22(32)30-4-1-5-30)12-28-21(18)34-16-7-13(20(31)29-19(27)2-3-26)6-15(9-16)33-17(10-24)11-25/h2-3,6-9,12,17H,1,4-5,10-11,26H2,(H2,27,29,31)/b3-2-. The maximum atomic E-state index is 13.0. The number of nitrogens with zero attached hydrogens (tertiary/aromatic N) is 2. The second-order valence-electron chi connectivity index (χ2n) is 7.23. The quantitative estimate of drug-likeness (QED) is 0.363. The molecule has 1 saturated heterocycles. The van der Waals surface area contributed by atoms with Gasteiger partial charge in [-0.3, -0.25) is 15.0 Å². The van der Waals surface area contributed by atoms with Crippen molar-refractivity contribution in [1.29, 1.82) is 5.41 Å². The van der Waals surface area contributed by atoms with Crippen LogP contribution in [0.4, 0.5) is 8.78 Å². The molecule has 1 aliphatic heterocycles. The Labute approximate surface area is 199 Å². The predicted molar refractivity (Wildman–Crippen MR) is 121 cm³/mol. The van der Waals surface area contributed by atoms with E-state index in [1.54, 1.807) is 4.90 Å². The number of pyridine rings is 1. The fraction of sp³-hybridized carbons (Fsp3) is 0.273. The smallest absolute Gasteiger partial charge is 0.257 e. The molecule has 1 fully saturated rings. The molecular weight excluding hydrogens is 472 g/mol. The molecule has 0 bridgehead atoms. The van der Waals surface area contributed by atoms with E-state index in [9.17, 15) is 18.4 Å². The zero-order chi connectivity index (χ0) is 24.7. The predicted octanol–water partition coefficient (Wildman–Crippen LogP) is 3.24. The van der Waals surface area contributed by atoms with Crippen molar-refractivity contribution in [1.82, 2.24) is 15.2 Å². The van der Waals surface area contributed by atoms with Gasteiger partial charge in [-0.25, -0.2) is 13.8 Å². The molecule has 1 aliphatic rings. The van der Waals surface area contributed by atoms with E-state index in [0.717, 1.165) is 18.7 Å². The van der Waals surface area contributed by atoms with Gasteiger partial charge < -0.3 is 25.4 Å². The summed E-state index contributed by atoms with van der Waals surface area (Å²) in [5.74, 6) is -1.28. The first kappa shape index (κ1) is 24.9. The molecule has 2 amide bonds. The van der Waals surface area contributed by atoms with E-state index in [1.165, 1.54) is 30.5 Å². The lowest BCUT2D eigenvalue weighted by molar-refractivity contribution is 0.0651. The van der Waals surface area contributed by atoms with Gasteiger partial charge in [0.2, 0.25) is 5.88 Å². The molecule has 180 valence electrons. The summed E-state index contributed by atoms with van der Waals surface area (Å²) in [7, 11) is 0. The molecule has 2 aromatic rings. The number of alkyl halides is 2. The lowest BCUT2D eigenvalue weighted by Crippen LogP contribution is -2.42. The van der Waals surface area contributed by atoms with Gasteiger partial charge in [0.15, 0.2) is 6.10 Å². The van der Waals surface area contributed by atoms with Crippen LogP contribution in [0.25, 0.3) is 0 Å². The Bertz CT molecular complexity index is 1110. The lowest BCUT2D eigenvalue weighted by atomic mass is 10.1. The van der Waals surface area contributed by atoms with Crippen molar-refractivity contribution in [2.24, 2.45) is 5.73 Å². The second kappa shape index (κ2) is 11.4. The molecule has 0 spiro atoms. The van der Waals surface area contributed by atoms with Crippen LogP contribution in [-0.4, -0.2) is 60.1 Å². The molecule has 9 nitrogen and oxygen atoms in total. The number of amides is 2. The van der Waals surface area contributed by atoms with Crippen LogP contribution in [0.3, 0.4) is 0 Å². The average molecular weight is 494 g/mol. The van der Waals surface area contributed by atoms with E-state index in [1.807, 2.05) is 0 Å². The molecule has 0 saturated carbocycles. The molecule has 1 aromatic heterocycles. The highest BCUT2D eigenvalue weighted by atomic mass is 35.5. The number of rotatable bonds is 9. The van der Waals surface area contributed by atoms with Crippen LogP contribution in [0.1, 0.15) is 27.1 Å². The van der Waals surface area contributed by atoms with Crippen molar-refractivity contribution >= 4 is 29.3 Å². The Morgan fingerprint density at radius 1 is 1.21 bits per heavy atom. The van der Waals surface area contributed by atoms with E-state index in [4.69, 9.17) is 32.2 Å². The number of halogens is 3. The van der Waals surface area contributed by atoms with Crippen molar-refractivity contribution in [2.45, 2.75) is 12.5 Å². The lowest BCUT2D eigenvalue weighted by Gasteiger charge is -2.30. The van der Waals surface area contributed by atoms with Gasteiger partial charge in [0.1, 0.15) is 35.7 Å². The molecule has 0 radical (unpaired) electrons. The number of nitrogens with two attached hydrogens (primary N) is 1. The minimum atomic E-state index is -1.38. The minimum Gasteiger partial charge on any atom is -0.485 e. The van der Waals surface area contributed by atoms with Gasteiger partial charge in [0.25, 0.3) is 11.8 Å². The number of likely N-dealkylation sites (tertiary alicyclic amines) is 1. The molecule has 0 atom stereocenters. The maximum absolute atomic E-state index is 13.0. The first-order valence-electron chi connectivity index (χ1n) is 10.2. The van der Waals surface area contributed by atoms with Crippen molar-refractivity contribution in [3.63, 3.8) is 0 Å². The van der Waals surface area contributed by atoms with Crippen LogP contribution >= 0.6 is 11.6 Å². The maximum Gasteiger partial charge on any atom is 0.257 e. The number of nitrogens with one attached hydrogen (secondary N) is 2.